The van der Waals surface area contributed by atoms with E-state index in [1.54, 1.807) is 0 Å². The molecule has 0 aromatic heterocycles. The van der Waals surface area contributed by atoms with E-state index in [-0.39, 0.29) is 12.0 Å². The predicted octanol–water partition coefficient (Wildman–Crippen LogP) is 3.99. The van der Waals surface area contributed by atoms with Gasteiger partial charge >= 0.3 is 6.18 Å². The monoisotopic (exact) mass is 290 g/mol. The molecule has 1 aliphatic carbocycles. The second kappa shape index (κ2) is 5.16. The molecule has 1 fully saturated rings. The third-order valence-corrected chi connectivity index (χ3v) is 3.77. The van der Waals surface area contributed by atoms with Crippen molar-refractivity contribution in [2.45, 2.75) is 37.5 Å². The van der Waals surface area contributed by atoms with Crippen LogP contribution in [0.4, 0.5) is 17.6 Å². The lowest BCUT2D eigenvalue weighted by atomic mass is 9.75. The second-order valence-corrected chi connectivity index (χ2v) is 5.03. The molecule has 0 radical (unpaired) electrons. The molecule has 20 heavy (non-hydrogen) atoms. The molecule has 2 nitrogen and oxygen atoms in total. The number of Topliss-reactive ketones (excluding diaryl/α,β-unsaturated/α-hetero) is 1. The normalized spacial score (nSPS) is 17.6. The Morgan fingerprint density at radius 2 is 2.00 bits per heavy atom. The van der Waals surface area contributed by atoms with Crippen LogP contribution in [0.3, 0.4) is 0 Å². The summed E-state index contributed by atoms with van der Waals surface area (Å²) in [5, 5.41) is 0. The number of rotatable bonds is 4. The molecular weight excluding hydrogens is 276 g/mol. The van der Waals surface area contributed by atoms with Crippen LogP contribution in [0.5, 0.6) is 0 Å². The van der Waals surface area contributed by atoms with E-state index < -0.39 is 28.9 Å². The molecule has 0 aliphatic heterocycles. The number of methoxy groups -OCH3 is 1. The van der Waals surface area contributed by atoms with Crippen molar-refractivity contribution in [3.8, 4) is 0 Å². The number of carbonyl (C=O) groups is 1. The highest BCUT2D eigenvalue weighted by Gasteiger charge is 2.40. The highest BCUT2D eigenvalue weighted by molar-refractivity contribution is 5.97. The van der Waals surface area contributed by atoms with Crippen molar-refractivity contribution in [2.24, 2.45) is 0 Å². The van der Waals surface area contributed by atoms with Crippen molar-refractivity contribution in [2.75, 3.05) is 7.11 Å². The Hall–Kier alpha value is -1.43. The summed E-state index contributed by atoms with van der Waals surface area (Å²) in [6, 6.07) is 2.32. The number of benzene rings is 1. The first kappa shape index (κ1) is 15.0. The number of carbonyl (C=O) groups excluding carboxylic acids is 1. The van der Waals surface area contributed by atoms with E-state index in [0.29, 0.717) is 25.0 Å². The fraction of sp³-hybridized carbons (Fsp3) is 0.500. The van der Waals surface area contributed by atoms with E-state index in [1.807, 2.05) is 0 Å². The lowest BCUT2D eigenvalue weighted by Crippen LogP contribution is -2.41. The zero-order chi connectivity index (χ0) is 15.0. The van der Waals surface area contributed by atoms with Crippen LogP contribution in [-0.4, -0.2) is 18.5 Å². The van der Waals surface area contributed by atoms with Crippen LogP contribution in [0.25, 0.3) is 0 Å². The largest absolute Gasteiger partial charge is 0.419 e. The molecular formula is C14H14F4O2. The maximum Gasteiger partial charge on any atom is 0.419 e. The Morgan fingerprint density at radius 1 is 1.35 bits per heavy atom. The average Bonchev–Trinajstić information content (AvgIpc) is 2.32. The molecule has 1 aromatic carbocycles. The van der Waals surface area contributed by atoms with Gasteiger partial charge in [-0.1, -0.05) is 0 Å². The first-order chi connectivity index (χ1) is 9.27. The summed E-state index contributed by atoms with van der Waals surface area (Å²) in [4.78, 5) is 12.0. The number of alkyl halides is 3. The summed E-state index contributed by atoms with van der Waals surface area (Å²) in [5.74, 6) is -1.84. The average molecular weight is 290 g/mol. The lowest BCUT2D eigenvalue weighted by Gasteiger charge is -2.40. The van der Waals surface area contributed by atoms with Crippen molar-refractivity contribution in [3.63, 3.8) is 0 Å². The standard InChI is InChI=1S/C14H14F4O2/c1-20-13(5-2-6-13)8-12(19)9-3-4-11(15)10(7-9)14(16,17)18/h3-4,7H,2,5-6,8H2,1H3. The van der Waals surface area contributed by atoms with E-state index in [0.717, 1.165) is 12.5 Å². The molecule has 1 saturated carbocycles. The van der Waals surface area contributed by atoms with E-state index in [4.69, 9.17) is 4.74 Å². The summed E-state index contributed by atoms with van der Waals surface area (Å²) in [6.07, 6.45) is -2.44. The van der Waals surface area contributed by atoms with Crippen LogP contribution < -0.4 is 0 Å². The van der Waals surface area contributed by atoms with E-state index in [1.165, 1.54) is 7.11 Å². The van der Waals surface area contributed by atoms with E-state index in [9.17, 15) is 22.4 Å². The minimum atomic E-state index is -4.81. The topological polar surface area (TPSA) is 26.3 Å². The smallest absolute Gasteiger partial charge is 0.378 e. The Bertz CT molecular complexity index is 513. The van der Waals surface area contributed by atoms with Gasteiger partial charge in [0.05, 0.1) is 11.2 Å². The fourth-order valence-electron chi connectivity index (χ4n) is 2.33. The van der Waals surface area contributed by atoms with E-state index >= 15 is 0 Å². The summed E-state index contributed by atoms with van der Waals surface area (Å²) >= 11 is 0. The van der Waals surface area contributed by atoms with Gasteiger partial charge in [-0.25, -0.2) is 4.39 Å². The highest BCUT2D eigenvalue weighted by atomic mass is 19.4. The fourth-order valence-corrected chi connectivity index (χ4v) is 2.33. The summed E-state index contributed by atoms with van der Waals surface area (Å²) in [6.45, 7) is 0. The number of halogens is 4. The van der Waals surface area contributed by atoms with Gasteiger partial charge in [0.1, 0.15) is 5.82 Å². The molecule has 0 saturated heterocycles. The summed E-state index contributed by atoms with van der Waals surface area (Å²) in [7, 11) is 1.48. The highest BCUT2D eigenvalue weighted by Crippen LogP contribution is 2.39. The first-order valence-electron chi connectivity index (χ1n) is 6.22. The van der Waals surface area contributed by atoms with Crippen molar-refractivity contribution in [1.82, 2.24) is 0 Å². The van der Waals surface area contributed by atoms with Gasteiger partial charge in [0.15, 0.2) is 5.78 Å². The first-order valence-corrected chi connectivity index (χ1v) is 6.22. The molecule has 0 spiro atoms. The van der Waals surface area contributed by atoms with Crippen molar-refractivity contribution < 1.29 is 27.1 Å². The molecule has 110 valence electrons. The van der Waals surface area contributed by atoms with Gasteiger partial charge < -0.3 is 4.74 Å². The zero-order valence-electron chi connectivity index (χ0n) is 10.9. The van der Waals surface area contributed by atoms with Gasteiger partial charge in [0, 0.05) is 19.1 Å². The van der Waals surface area contributed by atoms with Crippen molar-refractivity contribution >= 4 is 5.78 Å². The molecule has 0 unspecified atom stereocenters. The summed E-state index contributed by atoms with van der Waals surface area (Å²) in [5.41, 5.74) is -2.12. The van der Waals surface area contributed by atoms with Crippen molar-refractivity contribution in [1.29, 1.82) is 0 Å². The quantitative estimate of drug-likeness (QED) is 0.619. The maximum absolute atomic E-state index is 13.2. The van der Waals surface area contributed by atoms with Crippen LogP contribution in [0.1, 0.15) is 41.6 Å². The minimum absolute atomic E-state index is 0.0203. The Balaban J connectivity index is 2.23. The number of hydrogen-bond acceptors (Lipinski definition) is 2. The van der Waals surface area contributed by atoms with Crippen LogP contribution in [-0.2, 0) is 10.9 Å². The predicted molar refractivity (Wildman–Crippen MR) is 63.9 cm³/mol. The number of ether oxygens (including phenoxy) is 1. The molecule has 6 heteroatoms. The Kier molecular flexibility index (Phi) is 3.86. The third-order valence-electron chi connectivity index (χ3n) is 3.77. The third kappa shape index (κ3) is 2.85. The van der Waals surface area contributed by atoms with Crippen LogP contribution in [0, 0.1) is 5.82 Å². The number of ketones is 1. The van der Waals surface area contributed by atoms with Gasteiger partial charge in [0.2, 0.25) is 0 Å². The zero-order valence-corrected chi connectivity index (χ0v) is 10.9. The second-order valence-electron chi connectivity index (χ2n) is 5.03. The number of hydrogen-bond donors (Lipinski definition) is 0. The Labute approximate surface area is 113 Å². The van der Waals surface area contributed by atoms with Crippen LogP contribution in [0.15, 0.2) is 18.2 Å². The molecule has 0 N–H and O–H groups in total. The van der Waals surface area contributed by atoms with Crippen molar-refractivity contribution in [3.05, 3.63) is 35.1 Å². The minimum Gasteiger partial charge on any atom is -0.378 e. The maximum atomic E-state index is 13.2. The lowest BCUT2D eigenvalue weighted by molar-refractivity contribution is -0.140. The molecule has 1 aliphatic rings. The summed E-state index contributed by atoms with van der Waals surface area (Å²) < 4.78 is 56.2. The van der Waals surface area contributed by atoms with Crippen LogP contribution >= 0.6 is 0 Å². The molecule has 0 heterocycles. The van der Waals surface area contributed by atoms with Gasteiger partial charge in [-0.2, -0.15) is 13.2 Å². The SMILES string of the molecule is COC1(CC(=O)c2ccc(F)c(C(F)(F)F)c2)CCC1. The molecule has 2 rings (SSSR count). The molecule has 0 atom stereocenters. The van der Waals surface area contributed by atoms with E-state index in [2.05, 4.69) is 0 Å². The molecule has 1 aromatic rings. The van der Waals surface area contributed by atoms with Gasteiger partial charge in [-0.05, 0) is 37.5 Å². The van der Waals surface area contributed by atoms with Crippen LogP contribution in [0.2, 0.25) is 0 Å². The Morgan fingerprint density at radius 3 is 2.45 bits per heavy atom. The van der Waals surface area contributed by atoms with Gasteiger partial charge in [0.25, 0.3) is 0 Å². The molecule has 0 bridgehead atoms. The molecule has 0 amide bonds. The van der Waals surface area contributed by atoms with Gasteiger partial charge in [-0.3, -0.25) is 4.79 Å². The van der Waals surface area contributed by atoms with Gasteiger partial charge in [-0.15, -0.1) is 0 Å².